The molecular formula is C18H26N2O4. The third-order valence-corrected chi connectivity index (χ3v) is 4.56. The number of amides is 2. The molecule has 132 valence electrons. The molecular weight excluding hydrogens is 308 g/mol. The Morgan fingerprint density at radius 2 is 1.92 bits per heavy atom. The average molecular weight is 334 g/mol. The number of piperidine rings is 1. The highest BCUT2D eigenvalue weighted by Gasteiger charge is 2.26. The Balaban J connectivity index is 1.89. The molecule has 1 aliphatic rings. The van der Waals surface area contributed by atoms with E-state index in [-0.39, 0.29) is 17.7 Å². The molecule has 0 spiro atoms. The summed E-state index contributed by atoms with van der Waals surface area (Å²) in [5.41, 5.74) is 0.963. The van der Waals surface area contributed by atoms with Crippen molar-refractivity contribution >= 4 is 11.8 Å². The number of aryl methyl sites for hydroxylation is 1. The minimum Gasteiger partial charge on any atom is -0.493 e. The maximum Gasteiger partial charge on any atom is 0.222 e. The van der Waals surface area contributed by atoms with Crippen molar-refractivity contribution in [1.82, 2.24) is 10.2 Å². The van der Waals surface area contributed by atoms with Crippen molar-refractivity contribution in [3.05, 3.63) is 23.8 Å². The van der Waals surface area contributed by atoms with Crippen LogP contribution in [-0.2, 0) is 16.0 Å². The number of carbonyl (C=O) groups is 2. The van der Waals surface area contributed by atoms with E-state index in [0.717, 1.165) is 18.4 Å². The van der Waals surface area contributed by atoms with Crippen molar-refractivity contribution in [1.29, 1.82) is 0 Å². The second kappa shape index (κ2) is 8.57. The van der Waals surface area contributed by atoms with Gasteiger partial charge in [-0.2, -0.15) is 0 Å². The lowest BCUT2D eigenvalue weighted by Crippen LogP contribution is -2.42. The first kappa shape index (κ1) is 18.1. The molecule has 6 nitrogen and oxygen atoms in total. The average Bonchev–Trinajstić information content (AvgIpc) is 2.64. The molecule has 0 bridgehead atoms. The summed E-state index contributed by atoms with van der Waals surface area (Å²) in [5, 5.41) is 2.68. The number of likely N-dealkylation sites (tertiary alicyclic amines) is 1. The number of hydrogen-bond donors (Lipinski definition) is 1. The van der Waals surface area contributed by atoms with Crippen LogP contribution < -0.4 is 14.8 Å². The fourth-order valence-electron chi connectivity index (χ4n) is 3.15. The summed E-state index contributed by atoms with van der Waals surface area (Å²) in [5.74, 6) is 1.58. The van der Waals surface area contributed by atoms with Crippen LogP contribution in [0.3, 0.4) is 0 Å². The van der Waals surface area contributed by atoms with E-state index in [1.807, 2.05) is 23.1 Å². The topological polar surface area (TPSA) is 67.9 Å². The molecule has 0 atom stereocenters. The van der Waals surface area contributed by atoms with Crippen LogP contribution in [0.25, 0.3) is 0 Å². The van der Waals surface area contributed by atoms with Gasteiger partial charge in [0.15, 0.2) is 11.5 Å². The maximum absolute atomic E-state index is 12.4. The van der Waals surface area contributed by atoms with Crippen molar-refractivity contribution in [2.45, 2.75) is 25.7 Å². The zero-order chi connectivity index (χ0) is 17.5. The summed E-state index contributed by atoms with van der Waals surface area (Å²) < 4.78 is 10.7. The Labute approximate surface area is 143 Å². The quantitative estimate of drug-likeness (QED) is 0.858. The molecule has 1 N–H and O–H groups in total. The van der Waals surface area contributed by atoms with E-state index in [0.29, 0.717) is 37.4 Å². The minimum absolute atomic E-state index is 0.0255. The monoisotopic (exact) mass is 334 g/mol. The van der Waals surface area contributed by atoms with Crippen molar-refractivity contribution in [3.63, 3.8) is 0 Å². The van der Waals surface area contributed by atoms with Gasteiger partial charge in [0.1, 0.15) is 0 Å². The van der Waals surface area contributed by atoms with E-state index in [4.69, 9.17) is 9.47 Å². The molecule has 1 fully saturated rings. The summed E-state index contributed by atoms with van der Waals surface area (Å²) in [4.78, 5) is 25.9. The molecule has 1 aromatic rings. The normalized spacial score (nSPS) is 15.0. The van der Waals surface area contributed by atoms with Crippen molar-refractivity contribution in [2.75, 3.05) is 34.4 Å². The van der Waals surface area contributed by atoms with E-state index in [9.17, 15) is 9.59 Å². The molecule has 2 amide bonds. The third-order valence-electron chi connectivity index (χ3n) is 4.56. The van der Waals surface area contributed by atoms with E-state index in [2.05, 4.69) is 5.32 Å². The first-order valence-corrected chi connectivity index (χ1v) is 8.30. The smallest absolute Gasteiger partial charge is 0.222 e. The van der Waals surface area contributed by atoms with Crippen molar-refractivity contribution in [2.24, 2.45) is 5.92 Å². The highest BCUT2D eigenvalue weighted by atomic mass is 16.5. The molecule has 6 heteroatoms. The SMILES string of the molecule is CNC(=O)C1CCN(C(=O)CCc2cccc(OC)c2OC)CC1. The summed E-state index contributed by atoms with van der Waals surface area (Å²) in [6.07, 6.45) is 2.49. The number of ether oxygens (including phenoxy) is 2. The lowest BCUT2D eigenvalue weighted by Gasteiger charge is -2.31. The summed E-state index contributed by atoms with van der Waals surface area (Å²) in [6, 6.07) is 5.69. The summed E-state index contributed by atoms with van der Waals surface area (Å²) >= 11 is 0. The number of rotatable bonds is 6. The van der Waals surface area contributed by atoms with Crippen molar-refractivity contribution in [3.8, 4) is 11.5 Å². The van der Waals surface area contributed by atoms with Crippen LogP contribution in [0.2, 0.25) is 0 Å². The zero-order valence-corrected chi connectivity index (χ0v) is 14.6. The van der Waals surface area contributed by atoms with E-state index >= 15 is 0 Å². The van der Waals surface area contributed by atoms with Gasteiger partial charge in [0, 0.05) is 32.5 Å². The van der Waals surface area contributed by atoms with Crippen LogP contribution in [0.4, 0.5) is 0 Å². The number of methoxy groups -OCH3 is 2. The van der Waals surface area contributed by atoms with Gasteiger partial charge in [-0.15, -0.1) is 0 Å². The number of nitrogens with zero attached hydrogens (tertiary/aromatic N) is 1. The standard InChI is InChI=1S/C18H26N2O4/c1-19-18(22)14-9-11-20(12-10-14)16(21)8-7-13-5-4-6-15(23-2)17(13)24-3/h4-6,14H,7-12H2,1-3H3,(H,19,22). The van der Waals surface area contributed by atoms with Gasteiger partial charge in [-0.25, -0.2) is 0 Å². The number of para-hydroxylation sites is 1. The second-order valence-corrected chi connectivity index (χ2v) is 5.92. The molecule has 0 aromatic heterocycles. The van der Waals surface area contributed by atoms with Crippen molar-refractivity contribution < 1.29 is 19.1 Å². The first-order chi connectivity index (χ1) is 11.6. The molecule has 1 heterocycles. The molecule has 1 aliphatic heterocycles. The van der Waals surface area contributed by atoms with E-state index in [1.165, 1.54) is 0 Å². The van der Waals surface area contributed by atoms with Gasteiger partial charge >= 0.3 is 0 Å². The molecule has 0 aliphatic carbocycles. The highest BCUT2D eigenvalue weighted by molar-refractivity contribution is 5.80. The predicted molar refractivity (Wildman–Crippen MR) is 91.2 cm³/mol. The molecule has 1 aromatic carbocycles. The van der Waals surface area contributed by atoms with Crippen LogP contribution >= 0.6 is 0 Å². The molecule has 0 unspecified atom stereocenters. The van der Waals surface area contributed by atoms with E-state index in [1.54, 1.807) is 21.3 Å². The summed E-state index contributed by atoms with van der Waals surface area (Å²) in [6.45, 7) is 1.29. The Morgan fingerprint density at radius 1 is 1.21 bits per heavy atom. The molecule has 0 radical (unpaired) electrons. The Morgan fingerprint density at radius 3 is 2.50 bits per heavy atom. The fraction of sp³-hybridized carbons (Fsp3) is 0.556. The Kier molecular flexibility index (Phi) is 6.46. The number of nitrogens with one attached hydrogen (secondary N) is 1. The summed E-state index contributed by atoms with van der Waals surface area (Å²) in [7, 11) is 4.86. The van der Waals surface area contributed by atoms with Crippen LogP contribution in [0.1, 0.15) is 24.8 Å². The predicted octanol–water partition coefficient (Wildman–Crippen LogP) is 1.62. The van der Waals surface area contributed by atoms with Crippen LogP contribution in [0, 0.1) is 5.92 Å². The van der Waals surface area contributed by atoms with Gasteiger partial charge in [-0.05, 0) is 30.9 Å². The number of hydrogen-bond acceptors (Lipinski definition) is 4. The van der Waals surface area contributed by atoms with Gasteiger partial charge in [0.2, 0.25) is 11.8 Å². The van der Waals surface area contributed by atoms with Gasteiger partial charge in [0.25, 0.3) is 0 Å². The molecule has 2 rings (SSSR count). The fourth-order valence-corrected chi connectivity index (χ4v) is 3.15. The van der Waals surface area contributed by atoms with Crippen LogP contribution in [0.5, 0.6) is 11.5 Å². The molecule has 1 saturated heterocycles. The zero-order valence-electron chi connectivity index (χ0n) is 14.6. The number of benzene rings is 1. The van der Waals surface area contributed by atoms with Crippen LogP contribution in [-0.4, -0.2) is 51.1 Å². The third kappa shape index (κ3) is 4.19. The van der Waals surface area contributed by atoms with Gasteiger partial charge < -0.3 is 19.7 Å². The lowest BCUT2D eigenvalue weighted by molar-refractivity contribution is -0.135. The number of carbonyl (C=O) groups excluding carboxylic acids is 2. The lowest BCUT2D eigenvalue weighted by atomic mass is 9.95. The Hall–Kier alpha value is -2.24. The minimum atomic E-state index is 0.0255. The highest BCUT2D eigenvalue weighted by Crippen LogP contribution is 2.31. The van der Waals surface area contributed by atoms with Gasteiger partial charge in [-0.1, -0.05) is 12.1 Å². The van der Waals surface area contributed by atoms with Crippen LogP contribution in [0.15, 0.2) is 18.2 Å². The van der Waals surface area contributed by atoms with Gasteiger partial charge in [-0.3, -0.25) is 9.59 Å². The van der Waals surface area contributed by atoms with E-state index < -0.39 is 0 Å². The Bertz CT molecular complexity index is 580. The second-order valence-electron chi connectivity index (χ2n) is 5.92. The largest absolute Gasteiger partial charge is 0.493 e. The first-order valence-electron chi connectivity index (χ1n) is 8.30. The van der Waals surface area contributed by atoms with Gasteiger partial charge in [0.05, 0.1) is 14.2 Å². The molecule has 24 heavy (non-hydrogen) atoms. The molecule has 0 saturated carbocycles. The maximum atomic E-state index is 12.4.